The van der Waals surface area contributed by atoms with Gasteiger partial charge in [0.25, 0.3) is 0 Å². The zero-order valence-corrected chi connectivity index (χ0v) is 15.7. The highest BCUT2D eigenvalue weighted by Crippen LogP contribution is 2.11. The van der Waals surface area contributed by atoms with E-state index in [-0.39, 0.29) is 24.7 Å². The molecule has 2 aromatic carbocycles. The van der Waals surface area contributed by atoms with Crippen LogP contribution >= 0.6 is 0 Å². The standard InChI is InChI=1S/C20H22N4O4/c1-27-17-7-3-5-15(11-17)13-21-23-19(25)9-10-20(26)24-22-14-16-6-4-8-18(12-16)28-2/h3-8,11-14H,9-10H2,1-2H3,(H,23,25)(H,24,26)/b21-13+,22-14+. The van der Waals surface area contributed by atoms with Crippen LogP contribution in [0.2, 0.25) is 0 Å². The van der Waals surface area contributed by atoms with Gasteiger partial charge in [-0.05, 0) is 35.4 Å². The Morgan fingerprint density at radius 1 is 0.821 bits per heavy atom. The van der Waals surface area contributed by atoms with Gasteiger partial charge in [0.2, 0.25) is 11.8 Å². The van der Waals surface area contributed by atoms with Crippen LogP contribution in [-0.2, 0) is 9.59 Å². The van der Waals surface area contributed by atoms with Crippen LogP contribution in [0.1, 0.15) is 24.0 Å². The molecule has 0 bridgehead atoms. The largest absolute Gasteiger partial charge is 0.497 e. The van der Waals surface area contributed by atoms with Crippen molar-refractivity contribution in [2.45, 2.75) is 12.8 Å². The Balaban J connectivity index is 1.70. The van der Waals surface area contributed by atoms with E-state index in [0.29, 0.717) is 11.5 Å². The fraction of sp³-hybridized carbons (Fsp3) is 0.200. The number of methoxy groups -OCH3 is 2. The van der Waals surface area contributed by atoms with Crippen molar-refractivity contribution in [1.82, 2.24) is 10.9 Å². The number of ether oxygens (including phenoxy) is 2. The first-order chi connectivity index (χ1) is 13.6. The Labute approximate surface area is 163 Å². The summed E-state index contributed by atoms with van der Waals surface area (Å²) in [4.78, 5) is 23.5. The van der Waals surface area contributed by atoms with Crippen molar-refractivity contribution in [1.29, 1.82) is 0 Å². The van der Waals surface area contributed by atoms with Crippen LogP contribution in [0.5, 0.6) is 11.5 Å². The molecule has 2 aromatic rings. The number of nitrogens with one attached hydrogen (secondary N) is 2. The van der Waals surface area contributed by atoms with Crippen molar-refractivity contribution in [2.75, 3.05) is 14.2 Å². The summed E-state index contributed by atoms with van der Waals surface area (Å²) in [5.41, 5.74) is 6.32. The smallest absolute Gasteiger partial charge is 0.240 e. The lowest BCUT2D eigenvalue weighted by molar-refractivity contribution is -0.126. The Morgan fingerprint density at radius 2 is 1.25 bits per heavy atom. The molecule has 0 fully saturated rings. The van der Waals surface area contributed by atoms with E-state index in [4.69, 9.17) is 9.47 Å². The van der Waals surface area contributed by atoms with Crippen LogP contribution in [0.3, 0.4) is 0 Å². The number of carbonyl (C=O) groups is 2. The molecular weight excluding hydrogens is 360 g/mol. The van der Waals surface area contributed by atoms with Crippen LogP contribution in [-0.4, -0.2) is 38.5 Å². The number of hydrazone groups is 2. The predicted octanol–water partition coefficient (Wildman–Crippen LogP) is 2.08. The molecule has 2 rings (SSSR count). The van der Waals surface area contributed by atoms with Crippen molar-refractivity contribution in [3.05, 3.63) is 59.7 Å². The summed E-state index contributed by atoms with van der Waals surface area (Å²) in [6, 6.07) is 14.5. The van der Waals surface area contributed by atoms with E-state index in [1.165, 1.54) is 12.4 Å². The summed E-state index contributed by atoms with van der Waals surface area (Å²) in [6.07, 6.45) is 2.99. The van der Waals surface area contributed by atoms with Gasteiger partial charge < -0.3 is 9.47 Å². The molecule has 0 aliphatic rings. The van der Waals surface area contributed by atoms with Crippen molar-refractivity contribution in [2.24, 2.45) is 10.2 Å². The lowest BCUT2D eigenvalue weighted by atomic mass is 10.2. The Hall–Kier alpha value is -3.68. The molecule has 0 saturated carbocycles. The molecule has 0 radical (unpaired) electrons. The minimum Gasteiger partial charge on any atom is -0.497 e. The molecule has 8 nitrogen and oxygen atoms in total. The quantitative estimate of drug-likeness (QED) is 0.512. The minimum atomic E-state index is -0.369. The maximum atomic E-state index is 11.7. The van der Waals surface area contributed by atoms with E-state index in [0.717, 1.165) is 11.1 Å². The number of rotatable bonds is 9. The molecule has 0 spiro atoms. The second kappa shape index (κ2) is 11.1. The van der Waals surface area contributed by atoms with Crippen molar-refractivity contribution < 1.29 is 19.1 Å². The molecule has 0 atom stereocenters. The molecule has 0 aliphatic heterocycles. The maximum absolute atomic E-state index is 11.7. The van der Waals surface area contributed by atoms with Crippen molar-refractivity contribution in [3.8, 4) is 11.5 Å². The molecule has 0 unspecified atom stereocenters. The van der Waals surface area contributed by atoms with Gasteiger partial charge in [0.1, 0.15) is 11.5 Å². The topological polar surface area (TPSA) is 101 Å². The molecule has 0 aliphatic carbocycles. The fourth-order valence-electron chi connectivity index (χ4n) is 2.14. The van der Waals surface area contributed by atoms with Gasteiger partial charge in [-0.1, -0.05) is 24.3 Å². The summed E-state index contributed by atoms with van der Waals surface area (Å²) < 4.78 is 10.2. The summed E-state index contributed by atoms with van der Waals surface area (Å²) in [5, 5.41) is 7.72. The third-order valence-corrected chi connectivity index (χ3v) is 3.57. The molecular formula is C20H22N4O4. The van der Waals surface area contributed by atoms with E-state index in [9.17, 15) is 9.59 Å². The van der Waals surface area contributed by atoms with Gasteiger partial charge in [-0.15, -0.1) is 0 Å². The van der Waals surface area contributed by atoms with Gasteiger partial charge in [0.15, 0.2) is 0 Å². The second-order valence-electron chi connectivity index (χ2n) is 5.64. The first-order valence-electron chi connectivity index (χ1n) is 8.52. The lowest BCUT2D eigenvalue weighted by Crippen LogP contribution is -2.22. The normalized spacial score (nSPS) is 10.8. The molecule has 146 valence electrons. The monoisotopic (exact) mass is 382 g/mol. The fourth-order valence-corrected chi connectivity index (χ4v) is 2.14. The Bertz CT molecular complexity index is 793. The molecule has 2 N–H and O–H groups in total. The Kier molecular flexibility index (Phi) is 8.19. The highest BCUT2D eigenvalue weighted by Gasteiger charge is 2.05. The second-order valence-corrected chi connectivity index (χ2v) is 5.64. The Morgan fingerprint density at radius 3 is 1.64 bits per heavy atom. The van der Waals surface area contributed by atoms with Crippen molar-refractivity contribution >= 4 is 24.2 Å². The van der Waals surface area contributed by atoms with Gasteiger partial charge >= 0.3 is 0 Å². The third kappa shape index (κ3) is 7.28. The van der Waals surface area contributed by atoms with E-state index in [1.807, 2.05) is 36.4 Å². The SMILES string of the molecule is COc1cccc(/C=N/NC(=O)CCC(=O)N/N=C/c2cccc(OC)c2)c1. The summed E-state index contributed by atoms with van der Waals surface area (Å²) >= 11 is 0. The molecule has 2 amide bonds. The number of amides is 2. The van der Waals surface area contributed by atoms with Crippen molar-refractivity contribution in [3.63, 3.8) is 0 Å². The lowest BCUT2D eigenvalue weighted by Gasteiger charge is -2.02. The van der Waals surface area contributed by atoms with E-state index in [2.05, 4.69) is 21.1 Å². The molecule has 0 saturated heterocycles. The van der Waals surface area contributed by atoms with Crippen LogP contribution < -0.4 is 20.3 Å². The van der Waals surface area contributed by atoms with Crippen LogP contribution in [0, 0.1) is 0 Å². The summed E-state index contributed by atoms with van der Waals surface area (Å²) in [5.74, 6) is 0.653. The zero-order valence-electron chi connectivity index (χ0n) is 15.7. The number of hydrogen-bond donors (Lipinski definition) is 2. The van der Waals surface area contributed by atoms with Gasteiger partial charge in [-0.3, -0.25) is 9.59 Å². The molecule has 0 heterocycles. The molecule has 28 heavy (non-hydrogen) atoms. The average molecular weight is 382 g/mol. The highest BCUT2D eigenvalue weighted by atomic mass is 16.5. The summed E-state index contributed by atoms with van der Waals surface area (Å²) in [7, 11) is 3.15. The van der Waals surface area contributed by atoms with E-state index < -0.39 is 0 Å². The van der Waals surface area contributed by atoms with Gasteiger partial charge in [-0.2, -0.15) is 10.2 Å². The summed E-state index contributed by atoms with van der Waals surface area (Å²) in [6.45, 7) is 0. The number of hydrogen-bond acceptors (Lipinski definition) is 6. The number of carbonyl (C=O) groups excluding carboxylic acids is 2. The first kappa shape index (κ1) is 20.6. The number of benzene rings is 2. The first-order valence-corrected chi connectivity index (χ1v) is 8.52. The minimum absolute atomic E-state index is 0.00400. The zero-order chi connectivity index (χ0) is 20.2. The highest BCUT2D eigenvalue weighted by molar-refractivity contribution is 5.86. The van der Waals surface area contributed by atoms with Gasteiger partial charge in [0, 0.05) is 12.8 Å². The van der Waals surface area contributed by atoms with Gasteiger partial charge in [0.05, 0.1) is 26.6 Å². The third-order valence-electron chi connectivity index (χ3n) is 3.57. The molecule has 0 aromatic heterocycles. The predicted molar refractivity (Wildman–Crippen MR) is 107 cm³/mol. The van der Waals surface area contributed by atoms with Crippen LogP contribution in [0.25, 0.3) is 0 Å². The van der Waals surface area contributed by atoms with Crippen LogP contribution in [0.15, 0.2) is 58.7 Å². The van der Waals surface area contributed by atoms with E-state index >= 15 is 0 Å². The van der Waals surface area contributed by atoms with Crippen LogP contribution in [0.4, 0.5) is 0 Å². The van der Waals surface area contributed by atoms with Gasteiger partial charge in [-0.25, -0.2) is 10.9 Å². The molecule has 8 heteroatoms. The average Bonchev–Trinajstić information content (AvgIpc) is 2.72. The van der Waals surface area contributed by atoms with E-state index in [1.54, 1.807) is 26.4 Å². The number of nitrogens with zero attached hydrogens (tertiary/aromatic N) is 2. The maximum Gasteiger partial charge on any atom is 0.240 e.